The minimum absolute atomic E-state index is 0. The van der Waals surface area contributed by atoms with Crippen molar-refractivity contribution in [1.29, 1.82) is 0 Å². The molecular formula is C18H15Al. The Morgan fingerprint density at radius 2 is 0.947 bits per heavy atom. The van der Waals surface area contributed by atoms with E-state index in [1.807, 2.05) is 60.7 Å². The van der Waals surface area contributed by atoms with Gasteiger partial charge in [0, 0.05) is 0 Å². The summed E-state index contributed by atoms with van der Waals surface area (Å²) in [6, 6.07) is 18.7. The Morgan fingerprint density at radius 1 is 0.684 bits per heavy atom. The summed E-state index contributed by atoms with van der Waals surface area (Å²) < 4.78 is 0. The molecule has 0 fully saturated rings. The summed E-state index contributed by atoms with van der Waals surface area (Å²) >= 11 is 0. The van der Waals surface area contributed by atoms with Crippen molar-refractivity contribution in [2.75, 3.05) is 0 Å². The first-order valence-electron chi connectivity index (χ1n) is 5.53. The maximum atomic E-state index is 6.69. The van der Waals surface area contributed by atoms with Crippen molar-refractivity contribution in [2.45, 2.75) is 6.92 Å². The second kappa shape index (κ2) is 14.2. The summed E-state index contributed by atoms with van der Waals surface area (Å²) in [5, 5.41) is 0. The fourth-order valence-corrected chi connectivity index (χ4v) is 1.04. The van der Waals surface area contributed by atoms with E-state index in [1.165, 1.54) is 0 Å². The van der Waals surface area contributed by atoms with Gasteiger partial charge in [0.25, 0.3) is 0 Å². The maximum Gasteiger partial charge on any atom is 3.00 e. The molecule has 1 heteroatoms. The molecule has 0 aliphatic heterocycles. The molecule has 90 valence electrons. The molecule has 0 saturated carbocycles. The molecule has 2 rings (SSSR count). The van der Waals surface area contributed by atoms with Gasteiger partial charge < -0.3 is 19.8 Å². The van der Waals surface area contributed by atoms with E-state index in [-0.39, 0.29) is 17.4 Å². The second-order valence-electron chi connectivity index (χ2n) is 2.98. The Balaban J connectivity index is 0. The average Bonchev–Trinajstić information content (AvgIpc) is 2.51. The van der Waals surface area contributed by atoms with Gasteiger partial charge in [-0.3, -0.25) is 11.8 Å². The first-order chi connectivity index (χ1) is 8.86. The van der Waals surface area contributed by atoms with E-state index in [1.54, 1.807) is 6.92 Å². The average molecular weight is 258 g/mol. The van der Waals surface area contributed by atoms with Crippen molar-refractivity contribution in [3.8, 4) is 11.8 Å². The third kappa shape index (κ3) is 9.76. The van der Waals surface area contributed by atoms with Gasteiger partial charge in [0.15, 0.2) is 0 Å². The minimum atomic E-state index is 0. The third-order valence-electron chi connectivity index (χ3n) is 1.84. The van der Waals surface area contributed by atoms with E-state index < -0.39 is 0 Å². The van der Waals surface area contributed by atoms with E-state index in [2.05, 4.69) is 18.8 Å². The van der Waals surface area contributed by atoms with Crippen molar-refractivity contribution in [3.63, 3.8) is 0 Å². The Morgan fingerprint density at radius 3 is 1.11 bits per heavy atom. The minimum Gasteiger partial charge on any atom is -0.366 e. The first-order valence-corrected chi connectivity index (χ1v) is 5.53. The number of hydrogen-bond donors (Lipinski definition) is 0. The third-order valence-corrected chi connectivity index (χ3v) is 1.84. The van der Waals surface area contributed by atoms with Crippen LogP contribution in [0, 0.1) is 31.6 Å². The number of rotatable bonds is 0. The van der Waals surface area contributed by atoms with Gasteiger partial charge >= 0.3 is 17.4 Å². The Bertz CT molecular complexity index is 437. The van der Waals surface area contributed by atoms with Gasteiger partial charge in [0.2, 0.25) is 0 Å². The van der Waals surface area contributed by atoms with E-state index in [9.17, 15) is 0 Å². The monoisotopic (exact) mass is 258 g/mol. The number of hydrogen-bond acceptors (Lipinski definition) is 0. The molecule has 0 aliphatic rings. The second-order valence-corrected chi connectivity index (χ2v) is 2.98. The van der Waals surface area contributed by atoms with Gasteiger partial charge in [-0.05, 0) is 0 Å². The van der Waals surface area contributed by atoms with Gasteiger partial charge in [0.1, 0.15) is 0 Å². The van der Waals surface area contributed by atoms with Gasteiger partial charge in [-0.1, -0.05) is 36.4 Å². The van der Waals surface area contributed by atoms with Gasteiger partial charge in [0.05, 0.1) is 0 Å². The normalized spacial score (nSPS) is 6.95. The smallest absolute Gasteiger partial charge is 0.366 e. The molecule has 19 heavy (non-hydrogen) atoms. The van der Waals surface area contributed by atoms with Crippen molar-refractivity contribution in [1.82, 2.24) is 0 Å². The molecule has 0 bridgehead atoms. The molecule has 0 aromatic heterocycles. The molecule has 0 unspecified atom stereocenters. The summed E-state index contributed by atoms with van der Waals surface area (Å²) in [7, 11) is 0. The number of benzene rings is 2. The van der Waals surface area contributed by atoms with Crippen LogP contribution < -0.4 is 0 Å². The van der Waals surface area contributed by atoms with Crippen molar-refractivity contribution < 1.29 is 0 Å². The van der Waals surface area contributed by atoms with Crippen LogP contribution in [0.2, 0.25) is 0 Å². The molecule has 0 spiro atoms. The maximum absolute atomic E-state index is 6.69. The first kappa shape index (κ1) is 19.4. The van der Waals surface area contributed by atoms with E-state index in [0.29, 0.717) is 0 Å². The summed E-state index contributed by atoms with van der Waals surface area (Å²) in [5.74, 6) is 4.55. The van der Waals surface area contributed by atoms with E-state index in [0.717, 1.165) is 11.1 Å². The van der Waals surface area contributed by atoms with Gasteiger partial charge in [-0.15, -0.1) is 35.4 Å². The molecular weight excluding hydrogens is 243 g/mol. The zero-order valence-corrected chi connectivity index (χ0v) is 12.2. The fraction of sp³-hybridized carbons (Fsp3) is 0.0556. The standard InChI is InChI=1S/2C8H5.C2H5.Al/c2*1-2-8-6-4-3-5-7-8;1-2;/h2*3-7H;1H2,2H3;/q3*-1;+3. The summed E-state index contributed by atoms with van der Waals surface area (Å²) in [4.78, 5) is 0. The summed E-state index contributed by atoms with van der Waals surface area (Å²) in [6.45, 7) is 5.00. The summed E-state index contributed by atoms with van der Waals surface area (Å²) in [5.41, 5.74) is 1.65. The molecule has 2 aromatic rings. The van der Waals surface area contributed by atoms with Crippen LogP contribution in [-0.2, 0) is 0 Å². The Labute approximate surface area is 128 Å². The Kier molecular flexibility index (Phi) is 14.5. The van der Waals surface area contributed by atoms with Crippen LogP contribution in [0.4, 0.5) is 0 Å². The SMILES string of the molecule is [Al+3].[C-]#Cc1ccccc1.[C-]#Cc1ccccc1.[CH2-]C. The zero-order valence-electron chi connectivity index (χ0n) is 11.1. The van der Waals surface area contributed by atoms with Crippen LogP contribution in [0.1, 0.15) is 18.1 Å². The van der Waals surface area contributed by atoms with Crippen LogP contribution in [0.15, 0.2) is 60.7 Å². The predicted molar refractivity (Wildman–Crippen MR) is 82.1 cm³/mol. The largest absolute Gasteiger partial charge is 3.00 e. The molecule has 2 aromatic carbocycles. The molecule has 0 heterocycles. The van der Waals surface area contributed by atoms with Crippen LogP contribution >= 0.6 is 0 Å². The van der Waals surface area contributed by atoms with E-state index in [4.69, 9.17) is 12.8 Å². The van der Waals surface area contributed by atoms with Gasteiger partial charge in [-0.2, -0.15) is 6.92 Å². The predicted octanol–water partition coefficient (Wildman–Crippen LogP) is 3.71. The van der Waals surface area contributed by atoms with Crippen LogP contribution in [0.3, 0.4) is 0 Å². The topological polar surface area (TPSA) is 0 Å². The van der Waals surface area contributed by atoms with Gasteiger partial charge in [-0.25, -0.2) is 0 Å². The van der Waals surface area contributed by atoms with Crippen LogP contribution in [0.25, 0.3) is 0 Å². The van der Waals surface area contributed by atoms with Crippen molar-refractivity contribution >= 4 is 17.4 Å². The molecule has 0 amide bonds. The van der Waals surface area contributed by atoms with Crippen LogP contribution in [-0.4, -0.2) is 17.4 Å². The molecule has 0 saturated heterocycles. The Hall–Kier alpha value is -1.91. The molecule has 0 aliphatic carbocycles. The molecule has 0 atom stereocenters. The van der Waals surface area contributed by atoms with Crippen LogP contribution in [0.5, 0.6) is 0 Å². The van der Waals surface area contributed by atoms with E-state index >= 15 is 0 Å². The summed E-state index contributed by atoms with van der Waals surface area (Å²) in [6.07, 6.45) is 13.4. The molecule has 0 nitrogen and oxygen atoms in total. The quantitative estimate of drug-likeness (QED) is 0.384. The zero-order chi connectivity index (χ0) is 13.6. The fourth-order valence-electron chi connectivity index (χ4n) is 1.04. The molecule has 0 radical (unpaired) electrons. The van der Waals surface area contributed by atoms with Crippen molar-refractivity contribution in [2.24, 2.45) is 0 Å². The van der Waals surface area contributed by atoms with Crippen molar-refractivity contribution in [3.05, 3.63) is 91.6 Å². The molecule has 0 N–H and O–H groups in total.